The lowest BCUT2D eigenvalue weighted by molar-refractivity contribution is 0.112. The summed E-state index contributed by atoms with van der Waals surface area (Å²) in [7, 11) is 0. The number of allylic oxidation sites excluding steroid dienone is 1. The smallest absolute Gasteiger partial charge is 0.150 e. The molecule has 1 aromatic rings. The Bertz CT molecular complexity index is 451. The topological polar surface area (TPSA) is 26.3 Å². The van der Waals surface area contributed by atoms with E-state index < -0.39 is 0 Å². The highest BCUT2D eigenvalue weighted by Gasteiger charge is 2.13. The maximum atomic E-state index is 10.8. The second kappa shape index (κ2) is 6.55. The second-order valence-corrected chi connectivity index (χ2v) is 5.32. The Labute approximate surface area is 115 Å². The van der Waals surface area contributed by atoms with Gasteiger partial charge in [0.15, 0.2) is 0 Å². The molecule has 0 N–H and O–H groups in total. The molecule has 2 nitrogen and oxygen atoms in total. The van der Waals surface area contributed by atoms with E-state index in [0.717, 1.165) is 41.6 Å². The molecule has 19 heavy (non-hydrogen) atoms. The summed E-state index contributed by atoms with van der Waals surface area (Å²) in [6, 6.07) is 3.78. The highest BCUT2D eigenvalue weighted by molar-refractivity contribution is 5.76. The van der Waals surface area contributed by atoms with Crippen molar-refractivity contribution in [3.8, 4) is 5.75 Å². The van der Waals surface area contributed by atoms with Crippen LogP contribution in [0.4, 0.5) is 0 Å². The Morgan fingerprint density at radius 1 is 1.16 bits per heavy atom. The minimum Gasteiger partial charge on any atom is -0.486 e. The van der Waals surface area contributed by atoms with E-state index in [1.54, 1.807) is 0 Å². The summed E-state index contributed by atoms with van der Waals surface area (Å²) in [6.45, 7) is 4.00. The Kier molecular flexibility index (Phi) is 4.78. The number of carbonyl (C=O) groups is 1. The molecule has 0 saturated heterocycles. The quantitative estimate of drug-likeness (QED) is 0.594. The van der Waals surface area contributed by atoms with Crippen LogP contribution in [0.5, 0.6) is 5.75 Å². The fraction of sp³-hybridized carbons (Fsp3) is 0.471. The standard InChI is InChI=1S/C17H22O2/c1-13-10-15(12-18)11-14(2)17(13)19-16-8-6-4-3-5-7-9-16/h6,8,10-12,16H,3-5,7,9H2,1-2H3/b8-6+. The molecule has 1 atom stereocenters. The van der Waals surface area contributed by atoms with Crippen LogP contribution in [-0.4, -0.2) is 12.4 Å². The summed E-state index contributed by atoms with van der Waals surface area (Å²) < 4.78 is 6.15. The predicted octanol–water partition coefficient (Wildman–Crippen LogP) is 4.38. The predicted molar refractivity (Wildman–Crippen MR) is 77.9 cm³/mol. The number of carbonyl (C=O) groups excluding carboxylic acids is 1. The van der Waals surface area contributed by atoms with Crippen LogP contribution in [-0.2, 0) is 0 Å². The lowest BCUT2D eigenvalue weighted by Gasteiger charge is -2.20. The van der Waals surface area contributed by atoms with Gasteiger partial charge in [-0.1, -0.05) is 12.5 Å². The maximum absolute atomic E-state index is 10.8. The van der Waals surface area contributed by atoms with Crippen molar-refractivity contribution in [2.75, 3.05) is 0 Å². The van der Waals surface area contributed by atoms with Crippen LogP contribution in [0.2, 0.25) is 0 Å². The molecular weight excluding hydrogens is 236 g/mol. The van der Waals surface area contributed by atoms with Crippen LogP contribution in [0.3, 0.4) is 0 Å². The van der Waals surface area contributed by atoms with Gasteiger partial charge in [-0.05, 0) is 68.9 Å². The highest BCUT2D eigenvalue weighted by Crippen LogP contribution is 2.27. The van der Waals surface area contributed by atoms with E-state index in [1.165, 1.54) is 19.3 Å². The van der Waals surface area contributed by atoms with Crippen molar-refractivity contribution in [2.45, 2.75) is 52.1 Å². The van der Waals surface area contributed by atoms with Gasteiger partial charge in [0, 0.05) is 5.56 Å². The molecule has 0 aliphatic heterocycles. The van der Waals surface area contributed by atoms with E-state index >= 15 is 0 Å². The Balaban J connectivity index is 2.17. The van der Waals surface area contributed by atoms with Crippen molar-refractivity contribution in [1.82, 2.24) is 0 Å². The van der Waals surface area contributed by atoms with Gasteiger partial charge in [0.25, 0.3) is 0 Å². The van der Waals surface area contributed by atoms with Gasteiger partial charge in [-0.25, -0.2) is 0 Å². The molecule has 0 heterocycles. The summed E-state index contributed by atoms with van der Waals surface area (Å²) >= 11 is 0. The summed E-state index contributed by atoms with van der Waals surface area (Å²) in [5.74, 6) is 0.931. The van der Waals surface area contributed by atoms with E-state index in [-0.39, 0.29) is 6.10 Å². The van der Waals surface area contributed by atoms with Crippen LogP contribution in [0, 0.1) is 13.8 Å². The van der Waals surface area contributed by atoms with Gasteiger partial charge in [-0.2, -0.15) is 0 Å². The molecule has 1 aliphatic carbocycles. The first-order valence-electron chi connectivity index (χ1n) is 7.10. The number of ether oxygens (including phenoxy) is 1. The van der Waals surface area contributed by atoms with Crippen molar-refractivity contribution in [1.29, 1.82) is 0 Å². The summed E-state index contributed by atoms with van der Waals surface area (Å²) in [5.41, 5.74) is 2.80. The number of aryl methyl sites for hydroxylation is 2. The normalized spacial score (nSPS) is 21.3. The molecule has 0 radical (unpaired) electrons. The van der Waals surface area contributed by atoms with E-state index in [2.05, 4.69) is 12.2 Å². The number of benzene rings is 1. The van der Waals surface area contributed by atoms with Crippen molar-refractivity contribution in [2.24, 2.45) is 0 Å². The number of hydrogen-bond donors (Lipinski definition) is 0. The van der Waals surface area contributed by atoms with Gasteiger partial charge >= 0.3 is 0 Å². The molecule has 0 fully saturated rings. The average molecular weight is 258 g/mol. The van der Waals surface area contributed by atoms with Gasteiger partial charge in [-0.3, -0.25) is 4.79 Å². The molecule has 102 valence electrons. The molecule has 1 aliphatic rings. The second-order valence-electron chi connectivity index (χ2n) is 5.32. The first-order valence-corrected chi connectivity index (χ1v) is 7.10. The minimum absolute atomic E-state index is 0.166. The van der Waals surface area contributed by atoms with Crippen molar-refractivity contribution in [3.63, 3.8) is 0 Å². The number of rotatable bonds is 3. The Hall–Kier alpha value is -1.57. The zero-order valence-corrected chi connectivity index (χ0v) is 11.8. The molecule has 1 unspecified atom stereocenters. The first-order chi connectivity index (χ1) is 9.20. The third kappa shape index (κ3) is 3.69. The maximum Gasteiger partial charge on any atom is 0.150 e. The summed E-state index contributed by atoms with van der Waals surface area (Å²) in [4.78, 5) is 10.8. The van der Waals surface area contributed by atoms with E-state index in [0.29, 0.717) is 0 Å². The summed E-state index contributed by atoms with van der Waals surface area (Å²) in [6.07, 6.45) is 11.5. The average Bonchev–Trinajstić information content (AvgIpc) is 2.35. The molecule has 1 aromatic carbocycles. The van der Waals surface area contributed by atoms with Crippen LogP contribution in [0.25, 0.3) is 0 Å². The minimum atomic E-state index is 0.166. The van der Waals surface area contributed by atoms with Gasteiger partial charge in [0.1, 0.15) is 18.1 Å². The molecular formula is C17H22O2. The van der Waals surface area contributed by atoms with Crippen LogP contribution in [0.1, 0.15) is 53.6 Å². The largest absolute Gasteiger partial charge is 0.486 e. The van der Waals surface area contributed by atoms with Gasteiger partial charge in [0.2, 0.25) is 0 Å². The molecule has 0 aromatic heterocycles. The third-order valence-corrected chi connectivity index (χ3v) is 3.60. The number of aldehydes is 1. The molecule has 2 heteroatoms. The zero-order valence-electron chi connectivity index (χ0n) is 11.8. The lowest BCUT2D eigenvalue weighted by Crippen LogP contribution is -2.16. The van der Waals surface area contributed by atoms with Crippen LogP contribution < -0.4 is 4.74 Å². The molecule has 0 amide bonds. The summed E-state index contributed by atoms with van der Waals surface area (Å²) in [5, 5.41) is 0. The first kappa shape index (κ1) is 13.9. The SMILES string of the molecule is Cc1cc(C=O)cc(C)c1OC1/C=C/CCCCC1. The van der Waals surface area contributed by atoms with Gasteiger partial charge < -0.3 is 4.74 Å². The lowest BCUT2D eigenvalue weighted by atomic mass is 10.0. The van der Waals surface area contributed by atoms with E-state index in [9.17, 15) is 4.79 Å². The number of hydrogen-bond acceptors (Lipinski definition) is 2. The molecule has 0 saturated carbocycles. The van der Waals surface area contributed by atoms with Crippen molar-refractivity contribution in [3.05, 3.63) is 41.0 Å². The van der Waals surface area contributed by atoms with Crippen molar-refractivity contribution < 1.29 is 9.53 Å². The third-order valence-electron chi connectivity index (χ3n) is 3.60. The Morgan fingerprint density at radius 3 is 2.58 bits per heavy atom. The molecule has 0 spiro atoms. The van der Waals surface area contributed by atoms with Crippen LogP contribution in [0.15, 0.2) is 24.3 Å². The fourth-order valence-corrected chi connectivity index (χ4v) is 2.62. The van der Waals surface area contributed by atoms with E-state index in [4.69, 9.17) is 4.74 Å². The highest BCUT2D eigenvalue weighted by atomic mass is 16.5. The van der Waals surface area contributed by atoms with Gasteiger partial charge in [-0.15, -0.1) is 0 Å². The monoisotopic (exact) mass is 258 g/mol. The molecule has 2 rings (SSSR count). The zero-order chi connectivity index (χ0) is 13.7. The van der Waals surface area contributed by atoms with Gasteiger partial charge in [0.05, 0.1) is 0 Å². The van der Waals surface area contributed by atoms with Crippen molar-refractivity contribution >= 4 is 6.29 Å². The van der Waals surface area contributed by atoms with Crippen LogP contribution >= 0.6 is 0 Å². The Morgan fingerprint density at radius 2 is 1.89 bits per heavy atom. The molecule has 0 bridgehead atoms. The fourth-order valence-electron chi connectivity index (χ4n) is 2.62. The van der Waals surface area contributed by atoms with E-state index in [1.807, 2.05) is 26.0 Å².